The molecule has 0 aromatic heterocycles. The van der Waals surface area contributed by atoms with E-state index in [-0.39, 0.29) is 19.8 Å². The van der Waals surface area contributed by atoms with Crippen LogP contribution in [0.15, 0.2) is 84.9 Å². The van der Waals surface area contributed by atoms with E-state index < -0.39 is 19.5 Å². The molecule has 3 aromatic carbocycles. The van der Waals surface area contributed by atoms with Crippen molar-refractivity contribution in [2.75, 3.05) is 64.1 Å². The molecule has 10 nitrogen and oxygen atoms in total. The van der Waals surface area contributed by atoms with E-state index in [2.05, 4.69) is 21.5 Å². The zero-order valence-electron chi connectivity index (χ0n) is 23.4. The second-order valence-corrected chi connectivity index (χ2v) is 11.2. The number of ether oxygens (including phenoxy) is 3. The van der Waals surface area contributed by atoms with Crippen LogP contribution in [0.3, 0.4) is 0 Å². The average Bonchev–Trinajstić information content (AvgIpc) is 3.02. The first-order valence-electron chi connectivity index (χ1n) is 13.7. The van der Waals surface area contributed by atoms with Crippen LogP contribution in [0, 0.1) is 12.3 Å². The molecule has 222 valence electrons. The van der Waals surface area contributed by atoms with Gasteiger partial charge in [-0.05, 0) is 42.0 Å². The van der Waals surface area contributed by atoms with E-state index in [1.807, 2.05) is 36.4 Å². The second-order valence-electron chi connectivity index (χ2n) is 9.23. The molecular weight excluding hydrogens is 557 g/mol. The van der Waals surface area contributed by atoms with Crippen LogP contribution in [0.25, 0.3) is 0 Å². The lowest BCUT2D eigenvalue weighted by Gasteiger charge is -2.31. The number of nitrogens with one attached hydrogen (secondary N) is 2. The molecule has 11 heteroatoms. The number of alkyl carbamates (subject to hydrolysis) is 1. The van der Waals surface area contributed by atoms with Gasteiger partial charge in [-0.1, -0.05) is 54.5 Å². The minimum Gasteiger partial charge on any atom is -0.447 e. The molecule has 0 saturated carbocycles. The fraction of sp³-hybridized carbons (Fsp3) is 0.323. The molecule has 4 rings (SSSR count). The molecule has 1 fully saturated rings. The van der Waals surface area contributed by atoms with E-state index in [0.717, 1.165) is 31.9 Å². The van der Waals surface area contributed by atoms with Crippen LogP contribution >= 0.6 is 7.60 Å². The molecule has 1 aliphatic heterocycles. The summed E-state index contributed by atoms with van der Waals surface area (Å²) in [5.74, 6) is 1.84. The van der Waals surface area contributed by atoms with Crippen molar-refractivity contribution in [2.24, 2.45) is 0 Å². The van der Waals surface area contributed by atoms with Crippen LogP contribution in [0.1, 0.15) is 11.3 Å². The maximum absolute atomic E-state index is 14.7. The van der Waals surface area contributed by atoms with Crippen molar-refractivity contribution in [1.29, 1.82) is 0 Å². The topological polar surface area (TPSA) is 108 Å². The fourth-order valence-corrected chi connectivity index (χ4v) is 6.09. The Balaban J connectivity index is 1.54. The third-order valence-corrected chi connectivity index (χ3v) is 8.22. The molecule has 1 heterocycles. The van der Waals surface area contributed by atoms with Crippen LogP contribution < -0.4 is 24.6 Å². The molecule has 3 aromatic rings. The number of hydrogen-bond acceptors (Lipinski definition) is 9. The molecule has 1 aliphatic rings. The van der Waals surface area contributed by atoms with E-state index in [0.29, 0.717) is 30.3 Å². The molecule has 0 spiro atoms. The Kier molecular flexibility index (Phi) is 12.1. The Bertz CT molecular complexity index is 1270. The lowest BCUT2D eigenvalue weighted by Crippen LogP contribution is -2.43. The summed E-state index contributed by atoms with van der Waals surface area (Å²) >= 11 is 0. The van der Waals surface area contributed by atoms with E-state index in [1.165, 1.54) is 0 Å². The number of carbonyl (C=O) groups excluding carboxylic acids is 1. The smallest absolute Gasteiger partial charge is 0.447 e. The average molecular weight is 594 g/mol. The summed E-state index contributed by atoms with van der Waals surface area (Å²) in [5, 5.41) is 6.07. The second kappa shape index (κ2) is 16.4. The standard InChI is InChI=1S/C31H36N3O7P/c1-2-21-37-22-23-38-24-25-39-31(35)33-30(26-13-15-27(16-14-26)34-19-17-32-18-20-34)42(36,40-28-9-5-3-6-10-28)41-29-11-7-4-8-12-29/h1,3-16,30,32H,17-25H2,(H,33,35). The monoisotopic (exact) mass is 593 g/mol. The third-order valence-electron chi connectivity index (χ3n) is 6.23. The molecule has 0 bridgehead atoms. The van der Waals surface area contributed by atoms with Crippen LogP contribution in [-0.2, 0) is 18.8 Å². The zero-order valence-corrected chi connectivity index (χ0v) is 24.2. The van der Waals surface area contributed by atoms with Crippen molar-refractivity contribution in [2.45, 2.75) is 5.78 Å². The van der Waals surface area contributed by atoms with Crippen LogP contribution in [-0.4, -0.2) is 65.3 Å². The predicted octanol–water partition coefficient (Wildman–Crippen LogP) is 4.84. The first-order chi connectivity index (χ1) is 20.6. The largest absolute Gasteiger partial charge is 0.457 e. The quantitative estimate of drug-likeness (QED) is 0.145. The first-order valence-corrected chi connectivity index (χ1v) is 15.4. The van der Waals surface area contributed by atoms with Crippen molar-refractivity contribution in [3.63, 3.8) is 0 Å². The Morgan fingerprint density at radius 2 is 1.43 bits per heavy atom. The number of para-hydroxylation sites is 2. The van der Waals surface area contributed by atoms with Gasteiger partial charge in [-0.25, -0.2) is 9.36 Å². The lowest BCUT2D eigenvalue weighted by molar-refractivity contribution is 0.0357. The summed E-state index contributed by atoms with van der Waals surface area (Å²) in [4.78, 5) is 15.2. The van der Waals surface area contributed by atoms with Crippen molar-refractivity contribution in [3.05, 3.63) is 90.5 Å². The van der Waals surface area contributed by atoms with E-state index >= 15 is 0 Å². The van der Waals surface area contributed by atoms with E-state index in [1.54, 1.807) is 48.5 Å². The zero-order chi connectivity index (χ0) is 29.5. The number of hydrogen-bond donors (Lipinski definition) is 2. The van der Waals surface area contributed by atoms with Crippen LogP contribution in [0.4, 0.5) is 10.5 Å². The SMILES string of the molecule is C#CCOCCOCCOC(=O)NC(c1ccc(N2CCNCC2)cc1)P(=O)(Oc1ccccc1)Oc1ccccc1. The van der Waals surface area contributed by atoms with Gasteiger partial charge in [-0.15, -0.1) is 6.42 Å². The van der Waals surface area contributed by atoms with Crippen molar-refractivity contribution < 1.29 is 32.6 Å². The number of piperazine rings is 1. The number of rotatable bonds is 15. The summed E-state index contributed by atoms with van der Waals surface area (Å²) < 4.78 is 42.7. The predicted molar refractivity (Wildman–Crippen MR) is 161 cm³/mol. The van der Waals surface area contributed by atoms with Crippen LogP contribution in [0.2, 0.25) is 0 Å². The van der Waals surface area contributed by atoms with Crippen molar-refractivity contribution >= 4 is 19.4 Å². The van der Waals surface area contributed by atoms with Gasteiger partial charge in [0.05, 0.1) is 19.8 Å². The Hall–Kier alpha value is -4.00. The summed E-state index contributed by atoms with van der Waals surface area (Å²) in [6.45, 7) is 4.49. The van der Waals surface area contributed by atoms with Crippen LogP contribution in [0.5, 0.6) is 11.5 Å². The highest BCUT2D eigenvalue weighted by atomic mass is 31.2. The van der Waals surface area contributed by atoms with Gasteiger partial charge >= 0.3 is 13.7 Å². The summed E-state index contributed by atoms with van der Waals surface area (Å²) in [6, 6.07) is 24.9. The van der Waals surface area contributed by atoms with Gasteiger partial charge in [0.1, 0.15) is 24.7 Å². The maximum atomic E-state index is 14.7. The third kappa shape index (κ3) is 9.54. The summed E-state index contributed by atoms with van der Waals surface area (Å²) in [6.07, 6.45) is 4.34. The van der Waals surface area contributed by atoms with Crippen molar-refractivity contribution in [1.82, 2.24) is 10.6 Å². The molecule has 1 saturated heterocycles. The molecular formula is C31H36N3O7P. The highest BCUT2D eigenvalue weighted by Gasteiger charge is 2.42. The van der Waals surface area contributed by atoms with E-state index in [9.17, 15) is 9.36 Å². The highest BCUT2D eigenvalue weighted by Crippen LogP contribution is 2.59. The van der Waals surface area contributed by atoms with Gasteiger partial charge < -0.3 is 38.8 Å². The Morgan fingerprint density at radius 3 is 2.02 bits per heavy atom. The molecule has 2 N–H and O–H groups in total. The number of nitrogens with zero attached hydrogens (tertiary/aromatic N) is 1. The number of anilines is 1. The molecule has 1 atom stereocenters. The molecule has 42 heavy (non-hydrogen) atoms. The Morgan fingerprint density at radius 1 is 0.857 bits per heavy atom. The lowest BCUT2D eigenvalue weighted by atomic mass is 10.2. The molecule has 0 radical (unpaired) electrons. The number of benzene rings is 3. The Labute approximate surface area is 246 Å². The fourth-order valence-electron chi connectivity index (χ4n) is 4.21. The van der Waals surface area contributed by atoms with Gasteiger partial charge in [0.25, 0.3) is 0 Å². The maximum Gasteiger partial charge on any atom is 0.457 e. The minimum atomic E-state index is -4.16. The number of amides is 1. The van der Waals surface area contributed by atoms with Crippen molar-refractivity contribution in [3.8, 4) is 23.8 Å². The number of terminal acetylenes is 1. The van der Waals surface area contributed by atoms with Gasteiger partial charge in [-0.3, -0.25) is 0 Å². The van der Waals surface area contributed by atoms with Gasteiger partial charge in [-0.2, -0.15) is 0 Å². The van der Waals surface area contributed by atoms with E-state index in [4.69, 9.17) is 29.7 Å². The van der Waals surface area contributed by atoms with Gasteiger partial charge in [0.15, 0.2) is 5.78 Å². The summed E-state index contributed by atoms with van der Waals surface area (Å²) in [5.41, 5.74) is 1.55. The molecule has 1 unspecified atom stereocenters. The minimum absolute atomic E-state index is 0.0288. The first kappa shape index (κ1) is 30.9. The number of carbonyl (C=O) groups is 1. The molecule has 1 amide bonds. The van der Waals surface area contributed by atoms with Gasteiger partial charge in [0, 0.05) is 31.9 Å². The normalized spacial score (nSPS) is 13.9. The van der Waals surface area contributed by atoms with Gasteiger partial charge in [0.2, 0.25) is 0 Å². The summed E-state index contributed by atoms with van der Waals surface area (Å²) in [7, 11) is -4.16. The highest BCUT2D eigenvalue weighted by molar-refractivity contribution is 7.55. The molecule has 0 aliphatic carbocycles.